The maximum absolute atomic E-state index is 5.93. The molecule has 0 unspecified atom stereocenters. The van der Waals surface area contributed by atoms with Crippen molar-refractivity contribution in [2.24, 2.45) is 7.05 Å². The number of hydrogen-bond donors (Lipinski definition) is 0. The highest BCUT2D eigenvalue weighted by atomic mass is 79.9. The third-order valence-electron chi connectivity index (χ3n) is 3.15. The van der Waals surface area contributed by atoms with Crippen LogP contribution in [0.5, 0.6) is 0 Å². The van der Waals surface area contributed by atoms with Gasteiger partial charge < -0.3 is 0 Å². The molecule has 100 valence electrons. The summed E-state index contributed by atoms with van der Waals surface area (Å²) in [5.74, 6) is 0. The third kappa shape index (κ3) is 2.39. The maximum Gasteiger partial charge on any atom is 0.107 e. The lowest BCUT2D eigenvalue weighted by Gasteiger charge is -2.02. The molecular weight excluding hydrogens is 336 g/mol. The van der Waals surface area contributed by atoms with E-state index in [2.05, 4.69) is 33.2 Å². The Labute approximate surface area is 131 Å². The van der Waals surface area contributed by atoms with Gasteiger partial charge in [-0.15, -0.1) is 0 Å². The summed E-state index contributed by atoms with van der Waals surface area (Å²) in [5.41, 5.74) is 4.16. The topological polar surface area (TPSA) is 17.8 Å². The monoisotopic (exact) mass is 346 g/mol. The zero-order valence-electron chi connectivity index (χ0n) is 10.8. The van der Waals surface area contributed by atoms with E-state index in [-0.39, 0.29) is 0 Å². The Morgan fingerprint density at radius 1 is 0.950 bits per heavy atom. The van der Waals surface area contributed by atoms with Crippen molar-refractivity contribution in [1.82, 2.24) is 9.78 Å². The van der Waals surface area contributed by atoms with E-state index >= 15 is 0 Å². The van der Waals surface area contributed by atoms with E-state index in [1.807, 2.05) is 54.2 Å². The number of aromatic nitrogens is 2. The summed E-state index contributed by atoms with van der Waals surface area (Å²) in [5, 5.41) is 5.34. The maximum atomic E-state index is 5.93. The molecule has 0 saturated heterocycles. The Kier molecular flexibility index (Phi) is 3.64. The molecule has 4 heteroatoms. The van der Waals surface area contributed by atoms with Gasteiger partial charge in [0.25, 0.3) is 0 Å². The molecule has 3 rings (SSSR count). The van der Waals surface area contributed by atoms with Gasteiger partial charge in [-0.25, -0.2) is 0 Å². The van der Waals surface area contributed by atoms with Crippen LogP contribution in [0, 0.1) is 0 Å². The molecule has 2 aromatic carbocycles. The van der Waals surface area contributed by atoms with Crippen molar-refractivity contribution in [3.63, 3.8) is 0 Å². The Balaban J connectivity index is 2.14. The minimum Gasteiger partial charge on any atom is -0.266 e. The lowest BCUT2D eigenvalue weighted by molar-refractivity contribution is 0.779. The van der Waals surface area contributed by atoms with E-state index in [1.165, 1.54) is 0 Å². The first-order chi connectivity index (χ1) is 9.66. The zero-order chi connectivity index (χ0) is 14.1. The van der Waals surface area contributed by atoms with Crippen LogP contribution in [-0.4, -0.2) is 9.78 Å². The number of halogens is 2. The van der Waals surface area contributed by atoms with Crippen molar-refractivity contribution < 1.29 is 0 Å². The molecule has 0 spiro atoms. The smallest absolute Gasteiger partial charge is 0.107 e. The minimum absolute atomic E-state index is 0.726. The number of aryl methyl sites for hydroxylation is 1. The van der Waals surface area contributed by atoms with E-state index < -0.39 is 0 Å². The molecule has 2 nitrogen and oxygen atoms in total. The lowest BCUT2D eigenvalue weighted by atomic mass is 10.1. The molecule has 0 N–H and O–H groups in total. The predicted molar refractivity (Wildman–Crippen MR) is 86.8 cm³/mol. The highest BCUT2D eigenvalue weighted by Crippen LogP contribution is 2.36. The van der Waals surface area contributed by atoms with Gasteiger partial charge in [0.2, 0.25) is 0 Å². The molecule has 0 atom stereocenters. The Hall–Kier alpha value is -1.58. The summed E-state index contributed by atoms with van der Waals surface area (Å²) in [4.78, 5) is 0. The molecule has 0 aliphatic rings. The molecule has 1 heterocycles. The average Bonchev–Trinajstić information content (AvgIpc) is 2.76. The van der Waals surface area contributed by atoms with Gasteiger partial charge in [0.1, 0.15) is 5.69 Å². The van der Waals surface area contributed by atoms with Gasteiger partial charge in [-0.2, -0.15) is 5.10 Å². The first kappa shape index (κ1) is 13.4. The fraction of sp³-hybridized carbons (Fsp3) is 0.0625. The molecule has 0 aliphatic carbocycles. The van der Waals surface area contributed by atoms with E-state index in [4.69, 9.17) is 11.6 Å². The largest absolute Gasteiger partial charge is 0.266 e. The normalized spacial score (nSPS) is 10.8. The molecule has 0 bridgehead atoms. The Morgan fingerprint density at radius 2 is 1.60 bits per heavy atom. The van der Waals surface area contributed by atoms with Crippen molar-refractivity contribution in [3.8, 4) is 22.5 Å². The van der Waals surface area contributed by atoms with E-state index in [0.29, 0.717) is 0 Å². The van der Waals surface area contributed by atoms with E-state index in [9.17, 15) is 0 Å². The van der Waals surface area contributed by atoms with Gasteiger partial charge in [-0.05, 0) is 28.1 Å². The van der Waals surface area contributed by atoms with Crippen LogP contribution in [0.1, 0.15) is 0 Å². The quantitative estimate of drug-likeness (QED) is 0.625. The van der Waals surface area contributed by atoms with Crippen LogP contribution in [-0.2, 0) is 7.05 Å². The summed E-state index contributed by atoms with van der Waals surface area (Å²) in [6, 6.07) is 17.9. The second kappa shape index (κ2) is 5.43. The second-order valence-corrected chi connectivity index (χ2v) is 5.74. The van der Waals surface area contributed by atoms with Crippen molar-refractivity contribution in [2.45, 2.75) is 0 Å². The Bertz CT molecular complexity index is 733. The van der Waals surface area contributed by atoms with Crippen molar-refractivity contribution >= 4 is 27.5 Å². The summed E-state index contributed by atoms with van der Waals surface area (Å²) in [6.45, 7) is 0. The molecule has 0 aliphatic heterocycles. The summed E-state index contributed by atoms with van der Waals surface area (Å²) in [7, 11) is 1.95. The SMILES string of the molecule is Cn1nc(-c2ccc(Cl)cc2)c(Br)c1-c1ccccc1. The zero-order valence-corrected chi connectivity index (χ0v) is 13.2. The first-order valence-electron chi connectivity index (χ1n) is 6.20. The molecule has 0 amide bonds. The van der Waals surface area contributed by atoms with Crippen LogP contribution >= 0.6 is 27.5 Å². The number of hydrogen-bond acceptors (Lipinski definition) is 1. The standard InChI is InChI=1S/C16H12BrClN2/c1-20-16(12-5-3-2-4-6-12)14(17)15(19-20)11-7-9-13(18)10-8-11/h2-10H,1H3. The van der Waals surface area contributed by atoms with Crippen molar-refractivity contribution in [1.29, 1.82) is 0 Å². The molecule has 3 aromatic rings. The predicted octanol–water partition coefficient (Wildman–Crippen LogP) is 5.17. The molecule has 0 radical (unpaired) electrons. The van der Waals surface area contributed by atoms with Gasteiger partial charge in [-0.3, -0.25) is 4.68 Å². The van der Waals surface area contributed by atoms with Crippen LogP contribution in [0.2, 0.25) is 5.02 Å². The van der Waals surface area contributed by atoms with E-state index in [0.717, 1.165) is 32.0 Å². The minimum atomic E-state index is 0.726. The molecule has 0 fully saturated rings. The van der Waals surface area contributed by atoms with Crippen molar-refractivity contribution in [3.05, 3.63) is 64.1 Å². The molecule has 20 heavy (non-hydrogen) atoms. The number of rotatable bonds is 2. The molecule has 1 aromatic heterocycles. The lowest BCUT2D eigenvalue weighted by Crippen LogP contribution is -1.93. The van der Waals surface area contributed by atoms with Gasteiger partial charge in [0.15, 0.2) is 0 Å². The van der Waals surface area contributed by atoms with Gasteiger partial charge in [-0.1, -0.05) is 54.1 Å². The summed E-state index contributed by atoms with van der Waals surface area (Å²) >= 11 is 9.61. The third-order valence-corrected chi connectivity index (χ3v) is 4.16. The molecule has 0 saturated carbocycles. The Morgan fingerprint density at radius 3 is 2.25 bits per heavy atom. The second-order valence-electron chi connectivity index (χ2n) is 4.51. The summed E-state index contributed by atoms with van der Waals surface area (Å²) < 4.78 is 2.89. The summed E-state index contributed by atoms with van der Waals surface area (Å²) in [6.07, 6.45) is 0. The number of nitrogens with zero attached hydrogens (tertiary/aromatic N) is 2. The van der Waals surface area contributed by atoms with Crippen molar-refractivity contribution in [2.75, 3.05) is 0 Å². The average molecular weight is 348 g/mol. The van der Waals surface area contributed by atoms with E-state index in [1.54, 1.807) is 0 Å². The van der Waals surface area contributed by atoms with Gasteiger partial charge in [0.05, 0.1) is 10.2 Å². The van der Waals surface area contributed by atoms with Crippen LogP contribution in [0.3, 0.4) is 0 Å². The van der Waals surface area contributed by atoms with Crippen LogP contribution in [0.4, 0.5) is 0 Å². The van der Waals surface area contributed by atoms with Gasteiger partial charge in [0, 0.05) is 23.2 Å². The first-order valence-corrected chi connectivity index (χ1v) is 7.38. The van der Waals surface area contributed by atoms with Crippen LogP contribution in [0.15, 0.2) is 59.1 Å². The number of benzene rings is 2. The van der Waals surface area contributed by atoms with Crippen LogP contribution in [0.25, 0.3) is 22.5 Å². The van der Waals surface area contributed by atoms with Crippen LogP contribution < -0.4 is 0 Å². The fourth-order valence-electron chi connectivity index (χ4n) is 2.20. The molecular formula is C16H12BrClN2. The van der Waals surface area contributed by atoms with Gasteiger partial charge >= 0.3 is 0 Å². The highest BCUT2D eigenvalue weighted by Gasteiger charge is 2.16. The fourth-order valence-corrected chi connectivity index (χ4v) is 3.12. The highest BCUT2D eigenvalue weighted by molar-refractivity contribution is 9.10.